The first-order valence-electron chi connectivity index (χ1n) is 6.56. The lowest BCUT2D eigenvalue weighted by Crippen LogP contribution is -2.04. The molecule has 0 aliphatic rings. The lowest BCUT2D eigenvalue weighted by Gasteiger charge is -2.04. The molecule has 0 amide bonds. The maximum Gasteiger partial charge on any atom is 0.244 e. The van der Waals surface area contributed by atoms with Crippen molar-refractivity contribution in [3.63, 3.8) is 0 Å². The maximum absolute atomic E-state index is 12.6. The van der Waals surface area contributed by atoms with Crippen LogP contribution in [-0.4, -0.2) is 39.9 Å². The number of furan rings is 1. The molecule has 9 nitrogen and oxygen atoms in total. The van der Waals surface area contributed by atoms with Gasteiger partial charge in [-0.3, -0.25) is 4.79 Å². The van der Waals surface area contributed by atoms with Gasteiger partial charge in [0.05, 0.1) is 16.7 Å². The third-order valence-electron chi connectivity index (χ3n) is 3.04. The van der Waals surface area contributed by atoms with Crippen LogP contribution in [0.4, 0.5) is 0 Å². The summed E-state index contributed by atoms with van der Waals surface area (Å²) < 4.78 is 30.2. The van der Waals surface area contributed by atoms with Crippen LogP contribution in [0.15, 0.2) is 63.1 Å². The van der Waals surface area contributed by atoms with Gasteiger partial charge in [-0.1, -0.05) is 18.2 Å². The van der Waals surface area contributed by atoms with E-state index in [0.29, 0.717) is 0 Å². The number of H-pyrrole nitrogens is 1. The summed E-state index contributed by atoms with van der Waals surface area (Å²) in [7, 11) is -3.99. The van der Waals surface area contributed by atoms with Crippen LogP contribution in [0.2, 0.25) is 0 Å². The number of nitrogens with one attached hydrogen (secondary N) is 1. The molecule has 0 radical (unpaired) electrons. The second-order valence-electron chi connectivity index (χ2n) is 4.57. The molecule has 0 fully saturated rings. The van der Waals surface area contributed by atoms with Gasteiger partial charge >= 0.3 is 0 Å². The standard InChI is InChI=1S/C14H10N4O5S/c19-11(8-12(20)13-15-17-18-16-13)10-6-7-23-14(10)24(21,22)9-4-2-1-3-5-9/h1-8,19H,(H,15,16,17,18). The monoisotopic (exact) mass is 346 g/mol. The number of allylic oxidation sites excluding steroid dienone is 1. The van der Waals surface area contributed by atoms with Crippen molar-refractivity contribution in [2.24, 2.45) is 0 Å². The van der Waals surface area contributed by atoms with Crippen molar-refractivity contribution in [2.45, 2.75) is 9.99 Å². The summed E-state index contributed by atoms with van der Waals surface area (Å²) in [5, 5.41) is 21.9. The average Bonchev–Trinajstić information content (AvgIpc) is 3.27. The van der Waals surface area contributed by atoms with Crippen molar-refractivity contribution < 1.29 is 22.7 Å². The van der Waals surface area contributed by atoms with Gasteiger partial charge in [0, 0.05) is 6.08 Å². The number of benzene rings is 1. The van der Waals surface area contributed by atoms with E-state index in [9.17, 15) is 18.3 Å². The smallest absolute Gasteiger partial charge is 0.244 e. The summed E-state index contributed by atoms with van der Waals surface area (Å²) in [5.74, 6) is -1.60. The first-order chi connectivity index (χ1) is 11.5. The van der Waals surface area contributed by atoms with Crippen molar-refractivity contribution in [1.29, 1.82) is 0 Å². The first kappa shape index (κ1) is 15.6. The molecule has 0 atom stereocenters. The van der Waals surface area contributed by atoms with E-state index in [1.807, 2.05) is 0 Å². The van der Waals surface area contributed by atoms with Crippen LogP contribution in [0.25, 0.3) is 5.76 Å². The van der Waals surface area contributed by atoms with Crippen molar-refractivity contribution in [3.8, 4) is 0 Å². The summed E-state index contributed by atoms with van der Waals surface area (Å²) in [6, 6.07) is 8.82. The zero-order valence-corrected chi connectivity index (χ0v) is 12.8. The fraction of sp³-hybridized carbons (Fsp3) is 0. The minimum Gasteiger partial charge on any atom is -0.507 e. The van der Waals surface area contributed by atoms with Gasteiger partial charge in [0.2, 0.25) is 26.5 Å². The predicted octanol–water partition coefficient (Wildman–Crippen LogP) is 1.41. The van der Waals surface area contributed by atoms with Crippen LogP contribution < -0.4 is 0 Å². The van der Waals surface area contributed by atoms with Gasteiger partial charge in [0.25, 0.3) is 0 Å². The number of ketones is 1. The molecule has 122 valence electrons. The third-order valence-corrected chi connectivity index (χ3v) is 4.73. The minimum atomic E-state index is -3.99. The molecule has 2 heterocycles. The fourth-order valence-electron chi connectivity index (χ4n) is 1.93. The Kier molecular flexibility index (Phi) is 3.96. The Morgan fingerprint density at radius 1 is 1.21 bits per heavy atom. The van der Waals surface area contributed by atoms with Crippen molar-refractivity contribution in [2.75, 3.05) is 0 Å². The van der Waals surface area contributed by atoms with Gasteiger partial charge in [-0.25, -0.2) is 8.42 Å². The zero-order valence-electron chi connectivity index (χ0n) is 11.9. The molecule has 0 unspecified atom stereocenters. The summed E-state index contributed by atoms with van der Waals surface area (Å²) in [6.45, 7) is 0. The number of hydrogen-bond donors (Lipinski definition) is 2. The molecule has 0 bridgehead atoms. The Bertz CT molecular complexity index is 991. The average molecular weight is 346 g/mol. The molecule has 2 aromatic heterocycles. The summed E-state index contributed by atoms with van der Waals surface area (Å²) in [6.07, 6.45) is 1.90. The highest BCUT2D eigenvalue weighted by Crippen LogP contribution is 2.28. The number of tetrazole rings is 1. The van der Waals surface area contributed by atoms with E-state index < -0.39 is 26.5 Å². The van der Waals surface area contributed by atoms with E-state index in [2.05, 4.69) is 20.6 Å². The Balaban J connectivity index is 2.01. The topological polar surface area (TPSA) is 139 Å². The number of hydrogen-bond acceptors (Lipinski definition) is 8. The molecule has 0 aliphatic carbocycles. The van der Waals surface area contributed by atoms with Gasteiger partial charge in [-0.15, -0.1) is 10.2 Å². The maximum atomic E-state index is 12.6. The van der Waals surface area contributed by atoms with Crippen LogP contribution in [0.3, 0.4) is 0 Å². The largest absolute Gasteiger partial charge is 0.507 e. The number of rotatable bonds is 5. The minimum absolute atomic E-state index is 0.00139. The van der Waals surface area contributed by atoms with E-state index in [1.165, 1.54) is 18.2 Å². The molecule has 10 heteroatoms. The van der Waals surface area contributed by atoms with Crippen LogP contribution in [0, 0.1) is 0 Å². The lowest BCUT2D eigenvalue weighted by molar-refractivity contribution is 0.103. The van der Waals surface area contributed by atoms with Gasteiger partial charge in [0.15, 0.2) is 0 Å². The number of aliphatic hydroxyl groups excluding tert-OH is 1. The molecule has 2 N–H and O–H groups in total. The molecule has 0 saturated carbocycles. The van der Waals surface area contributed by atoms with Crippen molar-refractivity contribution in [1.82, 2.24) is 20.6 Å². The number of aliphatic hydroxyl groups is 1. The van der Waals surface area contributed by atoms with E-state index >= 15 is 0 Å². The molecule has 24 heavy (non-hydrogen) atoms. The molecule has 1 aromatic carbocycles. The van der Waals surface area contributed by atoms with Crippen molar-refractivity contribution >= 4 is 21.4 Å². The number of carbonyl (C=O) groups is 1. The Hall–Kier alpha value is -3.27. The van der Waals surface area contributed by atoms with Gasteiger partial charge < -0.3 is 9.52 Å². The Morgan fingerprint density at radius 3 is 2.62 bits per heavy atom. The number of aromatic nitrogens is 4. The Morgan fingerprint density at radius 2 is 1.96 bits per heavy atom. The number of carbonyl (C=O) groups excluding carboxylic acids is 1. The van der Waals surface area contributed by atoms with Gasteiger partial charge in [-0.2, -0.15) is 5.21 Å². The lowest BCUT2D eigenvalue weighted by atomic mass is 10.2. The van der Waals surface area contributed by atoms with E-state index in [-0.39, 0.29) is 16.3 Å². The molecule has 0 aliphatic heterocycles. The number of sulfone groups is 1. The highest BCUT2D eigenvalue weighted by molar-refractivity contribution is 7.91. The van der Waals surface area contributed by atoms with E-state index in [0.717, 1.165) is 12.3 Å². The highest BCUT2D eigenvalue weighted by Gasteiger charge is 2.27. The first-order valence-corrected chi connectivity index (χ1v) is 8.05. The predicted molar refractivity (Wildman–Crippen MR) is 79.7 cm³/mol. The summed E-state index contributed by atoms with van der Waals surface area (Å²) in [5.41, 5.74) is -0.143. The fourth-order valence-corrected chi connectivity index (χ4v) is 3.31. The molecule has 3 aromatic rings. The van der Waals surface area contributed by atoms with Gasteiger partial charge in [0.1, 0.15) is 5.76 Å². The number of nitrogens with zero attached hydrogens (tertiary/aromatic N) is 3. The SMILES string of the molecule is O=C(C=C(O)c1ccoc1S(=O)(=O)c1ccccc1)c1nn[nH]n1. The molecule has 0 saturated heterocycles. The second-order valence-corrected chi connectivity index (χ2v) is 6.42. The molecular weight excluding hydrogens is 336 g/mol. The van der Waals surface area contributed by atoms with E-state index in [1.54, 1.807) is 18.2 Å². The molecular formula is C14H10N4O5S. The second kappa shape index (κ2) is 6.08. The normalized spacial score (nSPS) is 12.2. The molecule has 0 spiro atoms. The Labute approximate surface area is 135 Å². The molecule has 3 rings (SSSR count). The quantitative estimate of drug-likeness (QED) is 0.401. The van der Waals surface area contributed by atoms with Crippen molar-refractivity contribution in [3.05, 3.63) is 60.1 Å². The number of aromatic amines is 1. The van der Waals surface area contributed by atoms with E-state index in [4.69, 9.17) is 4.42 Å². The van der Waals surface area contributed by atoms with Crippen LogP contribution >= 0.6 is 0 Å². The van der Waals surface area contributed by atoms with Crippen LogP contribution in [0.1, 0.15) is 16.2 Å². The zero-order chi connectivity index (χ0) is 17.2. The highest BCUT2D eigenvalue weighted by atomic mass is 32.2. The third kappa shape index (κ3) is 2.82. The van der Waals surface area contributed by atoms with Crippen LogP contribution in [-0.2, 0) is 9.84 Å². The summed E-state index contributed by atoms with van der Waals surface area (Å²) >= 11 is 0. The van der Waals surface area contributed by atoms with Gasteiger partial charge in [-0.05, 0) is 23.4 Å². The summed E-state index contributed by atoms with van der Waals surface area (Å²) in [4.78, 5) is 11.8. The van der Waals surface area contributed by atoms with Crippen LogP contribution in [0.5, 0.6) is 0 Å².